The highest BCUT2D eigenvalue weighted by atomic mass is 32.2. The van der Waals surface area contributed by atoms with Crippen LogP contribution >= 0.6 is 0 Å². The first-order valence-corrected chi connectivity index (χ1v) is 24.6. The van der Waals surface area contributed by atoms with Gasteiger partial charge in [0.1, 0.15) is 6.04 Å². The molecule has 0 aliphatic rings. The Morgan fingerprint density at radius 3 is 1.81 bits per heavy atom. The lowest BCUT2D eigenvalue weighted by Crippen LogP contribution is -2.54. The van der Waals surface area contributed by atoms with Gasteiger partial charge in [0.05, 0.1) is 36.7 Å². The molecular formula is C42H69N5O8SSi. The van der Waals surface area contributed by atoms with Gasteiger partial charge in [-0.25, -0.2) is 8.42 Å². The van der Waals surface area contributed by atoms with Gasteiger partial charge >= 0.3 is 0 Å². The van der Waals surface area contributed by atoms with E-state index in [1.54, 1.807) is 31.2 Å². The number of nitrogens with zero attached hydrogens (tertiary/aromatic N) is 1. The van der Waals surface area contributed by atoms with Crippen molar-refractivity contribution in [1.82, 2.24) is 21.3 Å². The fraction of sp³-hybridized carbons (Fsp3) is 0.619. The van der Waals surface area contributed by atoms with E-state index in [2.05, 4.69) is 55.1 Å². The van der Waals surface area contributed by atoms with Crippen LogP contribution in [0.2, 0.25) is 18.1 Å². The van der Waals surface area contributed by atoms with Crippen LogP contribution in [-0.4, -0.2) is 89.6 Å². The number of anilines is 1. The summed E-state index contributed by atoms with van der Waals surface area (Å²) < 4.78 is 33.4. The molecule has 57 heavy (non-hydrogen) atoms. The smallest absolute Gasteiger partial charge is 0.251 e. The van der Waals surface area contributed by atoms with Crippen molar-refractivity contribution in [3.05, 3.63) is 65.2 Å². The minimum absolute atomic E-state index is 0.0171. The standard InChI is InChI=1S/C42H69N5O8SSi/c1-26(2)20-34(36(55-57(13,14)42(8,9)10)21-29(7)38(49)46-37(27(3)4)41(52)43-28(5)6)44-39(50)31-22-32(24-33(23-31)47(11)56(12,53)54)40(51)45-35(25-48)30-18-16-15-17-19-30/h15-19,22-24,26-29,34-37,48H,20-21,25H2,1-14H3,(H,43,52)(H,44,50)(H,45,51)(H,46,49)/t29-,34+,35-,36+,37+/m1/s1. The lowest BCUT2D eigenvalue weighted by atomic mass is 9.91. The summed E-state index contributed by atoms with van der Waals surface area (Å²) in [5.41, 5.74) is 0.816. The SMILES string of the molecule is CC(C)C[C@H](NC(=O)c1cc(C(=O)N[C@H](CO)c2ccccc2)cc(N(C)S(C)(=O)=O)c1)[C@H](C[C@@H](C)C(=O)N[C@H](C(=O)NC(C)C)C(C)C)O[Si](C)(C)C(C)(C)C. The lowest BCUT2D eigenvalue weighted by Gasteiger charge is -2.42. The Hall–Kier alpha value is -3.79. The summed E-state index contributed by atoms with van der Waals surface area (Å²) in [6.45, 7) is 23.4. The van der Waals surface area contributed by atoms with Gasteiger partial charge in [-0.15, -0.1) is 0 Å². The number of nitrogens with one attached hydrogen (secondary N) is 4. The Morgan fingerprint density at radius 2 is 1.35 bits per heavy atom. The summed E-state index contributed by atoms with van der Waals surface area (Å²) in [7, 11) is -4.97. The van der Waals surface area contributed by atoms with Gasteiger partial charge in [0.25, 0.3) is 11.8 Å². The average molecular weight is 832 g/mol. The van der Waals surface area contributed by atoms with Gasteiger partial charge in [0.15, 0.2) is 8.32 Å². The van der Waals surface area contributed by atoms with E-state index in [1.807, 2.05) is 47.6 Å². The Labute approximate surface area is 342 Å². The Kier molecular flexibility index (Phi) is 18.0. The maximum Gasteiger partial charge on any atom is 0.251 e. The highest BCUT2D eigenvalue weighted by Gasteiger charge is 2.42. The van der Waals surface area contributed by atoms with E-state index < -0.39 is 66.9 Å². The molecule has 0 spiro atoms. The summed E-state index contributed by atoms with van der Waals surface area (Å²) in [4.78, 5) is 54.9. The molecule has 0 aromatic heterocycles. The lowest BCUT2D eigenvalue weighted by molar-refractivity contribution is -0.132. The first-order valence-electron chi connectivity index (χ1n) is 19.8. The first kappa shape index (κ1) is 49.4. The minimum Gasteiger partial charge on any atom is -0.412 e. The van der Waals surface area contributed by atoms with Crippen LogP contribution in [0.5, 0.6) is 0 Å². The molecule has 0 heterocycles. The molecule has 15 heteroatoms. The van der Waals surface area contributed by atoms with Crippen LogP contribution in [0, 0.1) is 17.8 Å². The van der Waals surface area contributed by atoms with Crippen LogP contribution in [0.4, 0.5) is 5.69 Å². The number of hydrogen-bond donors (Lipinski definition) is 5. The van der Waals surface area contributed by atoms with Crippen molar-refractivity contribution in [2.75, 3.05) is 24.2 Å². The van der Waals surface area contributed by atoms with E-state index in [4.69, 9.17) is 4.43 Å². The Morgan fingerprint density at radius 1 is 0.807 bits per heavy atom. The molecule has 2 rings (SSSR count). The topological polar surface area (TPSA) is 183 Å². The number of carbonyl (C=O) groups is 4. The molecule has 0 bridgehead atoms. The van der Waals surface area contributed by atoms with Crippen molar-refractivity contribution in [3.63, 3.8) is 0 Å². The second kappa shape index (κ2) is 20.8. The molecule has 0 radical (unpaired) electrons. The minimum atomic E-state index is -3.79. The normalized spacial score (nSPS) is 15.1. The molecular weight excluding hydrogens is 763 g/mol. The first-order chi connectivity index (χ1) is 26.2. The number of aliphatic hydroxyl groups is 1. The van der Waals surface area contributed by atoms with Crippen molar-refractivity contribution >= 4 is 47.7 Å². The van der Waals surface area contributed by atoms with Gasteiger partial charge in [-0.3, -0.25) is 23.5 Å². The second-order valence-electron chi connectivity index (χ2n) is 17.8. The predicted molar refractivity (Wildman–Crippen MR) is 230 cm³/mol. The monoisotopic (exact) mass is 831 g/mol. The van der Waals surface area contributed by atoms with E-state index in [0.29, 0.717) is 12.0 Å². The van der Waals surface area contributed by atoms with E-state index in [-0.39, 0.29) is 58.0 Å². The van der Waals surface area contributed by atoms with Crippen LogP contribution < -0.4 is 25.6 Å². The fourth-order valence-corrected chi connectivity index (χ4v) is 7.84. The molecule has 0 unspecified atom stereocenters. The number of hydrogen-bond acceptors (Lipinski definition) is 8. The Balaban J connectivity index is 2.62. The average Bonchev–Trinajstić information content (AvgIpc) is 3.10. The summed E-state index contributed by atoms with van der Waals surface area (Å²) in [6.07, 6.45) is 1.12. The van der Waals surface area contributed by atoms with Gasteiger partial charge < -0.3 is 30.8 Å². The van der Waals surface area contributed by atoms with Crippen molar-refractivity contribution in [3.8, 4) is 0 Å². The zero-order chi connectivity index (χ0) is 43.6. The van der Waals surface area contributed by atoms with Crippen molar-refractivity contribution in [2.24, 2.45) is 17.8 Å². The van der Waals surface area contributed by atoms with Gasteiger partial charge in [-0.2, -0.15) is 0 Å². The zero-order valence-electron chi connectivity index (χ0n) is 36.5. The molecule has 0 saturated carbocycles. The molecule has 2 aromatic carbocycles. The highest BCUT2D eigenvalue weighted by Crippen LogP contribution is 2.39. The van der Waals surface area contributed by atoms with Crippen LogP contribution in [0.15, 0.2) is 48.5 Å². The fourth-order valence-electron chi connectivity index (χ4n) is 5.98. The number of carbonyl (C=O) groups excluding carboxylic acids is 4. The molecule has 5 atom stereocenters. The second-order valence-corrected chi connectivity index (χ2v) is 24.5. The van der Waals surface area contributed by atoms with Crippen molar-refractivity contribution in [2.45, 2.75) is 130 Å². The quantitative estimate of drug-likeness (QED) is 0.104. The maximum atomic E-state index is 14.4. The third-order valence-corrected chi connectivity index (χ3v) is 16.2. The van der Waals surface area contributed by atoms with Gasteiger partial charge in [-0.1, -0.05) is 85.7 Å². The molecule has 0 fully saturated rings. The van der Waals surface area contributed by atoms with Crippen LogP contribution in [-0.2, 0) is 24.0 Å². The molecule has 4 amide bonds. The molecule has 5 N–H and O–H groups in total. The summed E-state index contributed by atoms with van der Waals surface area (Å²) in [6, 6.07) is 10.9. The van der Waals surface area contributed by atoms with Gasteiger partial charge in [0, 0.05) is 30.1 Å². The molecule has 0 saturated heterocycles. The number of amides is 4. The van der Waals surface area contributed by atoms with Crippen LogP contribution in [0.1, 0.15) is 114 Å². The molecule has 0 aliphatic carbocycles. The highest BCUT2D eigenvalue weighted by molar-refractivity contribution is 7.92. The third-order valence-electron chi connectivity index (χ3n) is 10.4. The number of rotatable bonds is 20. The summed E-state index contributed by atoms with van der Waals surface area (Å²) in [5.74, 6) is -2.43. The number of aliphatic hydroxyl groups excluding tert-OH is 1. The number of sulfonamides is 1. The van der Waals surface area contributed by atoms with E-state index in [9.17, 15) is 32.7 Å². The molecule has 0 aliphatic heterocycles. The number of benzene rings is 2. The summed E-state index contributed by atoms with van der Waals surface area (Å²) >= 11 is 0. The predicted octanol–water partition coefficient (Wildman–Crippen LogP) is 5.77. The zero-order valence-corrected chi connectivity index (χ0v) is 38.3. The van der Waals surface area contributed by atoms with Gasteiger partial charge in [0.2, 0.25) is 21.8 Å². The largest absolute Gasteiger partial charge is 0.412 e. The van der Waals surface area contributed by atoms with Gasteiger partial charge in [-0.05, 0) is 80.4 Å². The van der Waals surface area contributed by atoms with Crippen molar-refractivity contribution < 1.29 is 37.1 Å². The molecule has 2 aromatic rings. The molecule has 13 nitrogen and oxygen atoms in total. The van der Waals surface area contributed by atoms with Crippen LogP contribution in [0.3, 0.4) is 0 Å². The van der Waals surface area contributed by atoms with Crippen LogP contribution in [0.25, 0.3) is 0 Å². The molecule has 320 valence electrons. The van der Waals surface area contributed by atoms with E-state index >= 15 is 0 Å². The Bertz CT molecular complexity index is 1780. The van der Waals surface area contributed by atoms with E-state index in [1.165, 1.54) is 25.2 Å². The third kappa shape index (κ3) is 14.8. The summed E-state index contributed by atoms with van der Waals surface area (Å²) in [5, 5.41) is 21.7. The van der Waals surface area contributed by atoms with E-state index in [0.717, 1.165) is 10.6 Å². The van der Waals surface area contributed by atoms with Crippen molar-refractivity contribution in [1.29, 1.82) is 0 Å². The maximum absolute atomic E-state index is 14.4.